The molecule has 2 heterocycles. The van der Waals surface area contributed by atoms with Gasteiger partial charge in [0.25, 0.3) is 5.91 Å². The lowest BCUT2D eigenvalue weighted by Crippen LogP contribution is -2.44. The SMILES string of the molecule is CCn1cc(C(=O)N[C@@H](C)C(=O)O)c(=O)c2cc(F)c(N3CCNCC3)cc21. The maximum atomic E-state index is 14.8. The summed E-state index contributed by atoms with van der Waals surface area (Å²) in [6.07, 6.45) is 1.40. The molecule has 2 aromatic rings. The number of fused-ring (bicyclic) bond motifs is 1. The van der Waals surface area contributed by atoms with Gasteiger partial charge in [0.15, 0.2) is 0 Å². The monoisotopic (exact) mass is 390 g/mol. The van der Waals surface area contributed by atoms with Crippen molar-refractivity contribution in [3.05, 3.63) is 39.9 Å². The van der Waals surface area contributed by atoms with Crippen LogP contribution in [0.25, 0.3) is 10.9 Å². The molecule has 0 unspecified atom stereocenters. The molecule has 1 aliphatic rings. The Labute approximate surface area is 160 Å². The molecule has 1 aromatic heterocycles. The van der Waals surface area contributed by atoms with E-state index in [4.69, 9.17) is 5.11 Å². The minimum atomic E-state index is -1.21. The number of amides is 1. The number of nitrogens with zero attached hydrogens (tertiary/aromatic N) is 2. The van der Waals surface area contributed by atoms with Gasteiger partial charge in [0.2, 0.25) is 5.43 Å². The van der Waals surface area contributed by atoms with Gasteiger partial charge >= 0.3 is 5.97 Å². The second kappa shape index (κ2) is 7.97. The van der Waals surface area contributed by atoms with Crippen molar-refractivity contribution in [3.8, 4) is 0 Å². The molecule has 1 atom stereocenters. The number of anilines is 1. The Kier molecular flexibility index (Phi) is 5.64. The molecule has 3 N–H and O–H groups in total. The lowest BCUT2D eigenvalue weighted by atomic mass is 10.1. The van der Waals surface area contributed by atoms with Gasteiger partial charge in [-0.1, -0.05) is 0 Å². The van der Waals surface area contributed by atoms with Crippen LogP contribution < -0.4 is 21.0 Å². The summed E-state index contributed by atoms with van der Waals surface area (Å²) in [4.78, 5) is 38.1. The van der Waals surface area contributed by atoms with Gasteiger partial charge in [0.05, 0.1) is 11.2 Å². The van der Waals surface area contributed by atoms with E-state index in [0.717, 1.165) is 13.1 Å². The molecular weight excluding hydrogens is 367 g/mol. The van der Waals surface area contributed by atoms with Crippen molar-refractivity contribution in [2.45, 2.75) is 26.4 Å². The quantitative estimate of drug-likeness (QED) is 0.697. The van der Waals surface area contributed by atoms with Crippen molar-refractivity contribution in [3.63, 3.8) is 0 Å². The number of carbonyl (C=O) groups is 2. The third-order valence-electron chi connectivity index (χ3n) is 4.91. The number of nitrogens with one attached hydrogen (secondary N) is 2. The van der Waals surface area contributed by atoms with Crippen molar-refractivity contribution < 1.29 is 19.1 Å². The van der Waals surface area contributed by atoms with Gasteiger partial charge < -0.3 is 25.2 Å². The van der Waals surface area contributed by atoms with E-state index < -0.39 is 29.2 Å². The van der Waals surface area contributed by atoms with Gasteiger partial charge in [-0.25, -0.2) is 4.39 Å². The summed E-state index contributed by atoms with van der Waals surface area (Å²) in [5.74, 6) is -2.53. The maximum absolute atomic E-state index is 14.8. The molecular formula is C19H23FN4O4. The number of carboxylic acids is 1. The Morgan fingerprint density at radius 3 is 2.61 bits per heavy atom. The highest BCUT2D eigenvalue weighted by atomic mass is 19.1. The highest BCUT2D eigenvalue weighted by Gasteiger charge is 2.22. The van der Waals surface area contributed by atoms with Crippen molar-refractivity contribution in [2.75, 3.05) is 31.1 Å². The van der Waals surface area contributed by atoms with Gasteiger partial charge in [-0.3, -0.25) is 14.4 Å². The number of piperazine rings is 1. The summed E-state index contributed by atoms with van der Waals surface area (Å²) in [6.45, 7) is 6.42. The second-order valence-corrected chi connectivity index (χ2v) is 6.75. The summed E-state index contributed by atoms with van der Waals surface area (Å²) < 4.78 is 16.5. The number of carbonyl (C=O) groups excluding carboxylic acids is 1. The Morgan fingerprint density at radius 2 is 2.00 bits per heavy atom. The number of aromatic nitrogens is 1. The summed E-state index contributed by atoms with van der Waals surface area (Å²) in [6, 6.07) is 1.66. The van der Waals surface area contributed by atoms with Crippen LogP contribution in [0.5, 0.6) is 0 Å². The van der Waals surface area contributed by atoms with Gasteiger partial charge in [-0.2, -0.15) is 0 Å². The van der Waals surface area contributed by atoms with E-state index in [1.807, 2.05) is 11.8 Å². The van der Waals surface area contributed by atoms with Crippen LogP contribution in [0.4, 0.5) is 10.1 Å². The largest absolute Gasteiger partial charge is 0.480 e. The topological polar surface area (TPSA) is 104 Å². The van der Waals surface area contributed by atoms with Crippen molar-refractivity contribution in [2.24, 2.45) is 0 Å². The van der Waals surface area contributed by atoms with Gasteiger partial charge in [0.1, 0.15) is 17.4 Å². The van der Waals surface area contributed by atoms with Crippen LogP contribution >= 0.6 is 0 Å². The molecule has 0 aliphatic carbocycles. The average molecular weight is 390 g/mol. The molecule has 1 amide bonds. The summed E-state index contributed by atoms with van der Waals surface area (Å²) in [7, 11) is 0. The fourth-order valence-corrected chi connectivity index (χ4v) is 3.31. The van der Waals surface area contributed by atoms with Crippen LogP contribution in [0, 0.1) is 5.82 Å². The number of carboxylic acid groups (broad SMARTS) is 1. The van der Waals surface area contributed by atoms with E-state index in [2.05, 4.69) is 10.6 Å². The molecule has 9 heteroatoms. The number of aliphatic carboxylic acids is 1. The molecule has 0 saturated carbocycles. The first-order chi connectivity index (χ1) is 13.3. The number of benzene rings is 1. The van der Waals surface area contributed by atoms with E-state index in [1.54, 1.807) is 10.6 Å². The Morgan fingerprint density at radius 1 is 1.32 bits per heavy atom. The third kappa shape index (κ3) is 3.70. The smallest absolute Gasteiger partial charge is 0.325 e. The van der Waals surface area contributed by atoms with Gasteiger partial charge in [-0.05, 0) is 26.0 Å². The van der Waals surface area contributed by atoms with E-state index in [0.29, 0.717) is 30.8 Å². The highest BCUT2D eigenvalue weighted by Crippen LogP contribution is 2.25. The summed E-state index contributed by atoms with van der Waals surface area (Å²) >= 11 is 0. The van der Waals surface area contributed by atoms with Crippen molar-refractivity contribution in [1.82, 2.24) is 15.2 Å². The number of hydrogen-bond donors (Lipinski definition) is 3. The predicted molar refractivity (Wildman–Crippen MR) is 103 cm³/mol. The lowest BCUT2D eigenvalue weighted by Gasteiger charge is -2.30. The zero-order chi connectivity index (χ0) is 20.4. The molecule has 8 nitrogen and oxygen atoms in total. The molecule has 150 valence electrons. The maximum Gasteiger partial charge on any atom is 0.325 e. The van der Waals surface area contributed by atoms with E-state index in [9.17, 15) is 18.8 Å². The predicted octanol–water partition coefficient (Wildman–Crippen LogP) is 0.773. The van der Waals surface area contributed by atoms with Gasteiger partial charge in [-0.15, -0.1) is 0 Å². The summed E-state index contributed by atoms with van der Waals surface area (Å²) in [5, 5.41) is 14.5. The Balaban J connectivity index is 2.10. The first kappa shape index (κ1) is 19.8. The minimum absolute atomic E-state index is 0.0915. The third-order valence-corrected chi connectivity index (χ3v) is 4.91. The first-order valence-corrected chi connectivity index (χ1v) is 9.19. The van der Waals surface area contributed by atoms with Crippen molar-refractivity contribution in [1.29, 1.82) is 0 Å². The zero-order valence-electron chi connectivity index (χ0n) is 15.8. The van der Waals surface area contributed by atoms with Crippen LogP contribution in [-0.2, 0) is 11.3 Å². The molecule has 1 fully saturated rings. The van der Waals surface area contributed by atoms with Crippen LogP contribution in [0.1, 0.15) is 24.2 Å². The fraction of sp³-hybridized carbons (Fsp3) is 0.421. The number of pyridine rings is 1. The molecule has 3 rings (SSSR count). The zero-order valence-corrected chi connectivity index (χ0v) is 15.8. The van der Waals surface area contributed by atoms with Gasteiger partial charge in [0, 0.05) is 44.3 Å². The number of aryl methyl sites for hydroxylation is 1. The van der Waals surface area contributed by atoms with E-state index >= 15 is 0 Å². The van der Waals surface area contributed by atoms with Crippen LogP contribution in [0.15, 0.2) is 23.1 Å². The minimum Gasteiger partial charge on any atom is -0.480 e. The molecule has 1 saturated heterocycles. The molecule has 1 aromatic carbocycles. The van der Waals surface area contributed by atoms with Crippen LogP contribution in [-0.4, -0.2) is 53.8 Å². The molecule has 28 heavy (non-hydrogen) atoms. The summed E-state index contributed by atoms with van der Waals surface area (Å²) in [5.41, 5.74) is 0.120. The Bertz CT molecular complexity index is 982. The molecule has 1 aliphatic heterocycles. The second-order valence-electron chi connectivity index (χ2n) is 6.75. The molecule has 0 bridgehead atoms. The standard InChI is InChI=1S/C19H23FN4O4/c1-3-23-10-13(18(26)22-11(2)19(27)28)17(25)12-8-14(20)16(9-15(12)23)24-6-4-21-5-7-24/h8-11,21H,3-7H2,1-2H3,(H,22,26)(H,27,28)/t11-/m0/s1. The molecule has 0 radical (unpaired) electrons. The Hall–Kier alpha value is -2.94. The number of rotatable bonds is 5. The average Bonchev–Trinajstić information content (AvgIpc) is 2.68. The van der Waals surface area contributed by atoms with E-state index in [1.165, 1.54) is 19.2 Å². The lowest BCUT2D eigenvalue weighted by molar-refractivity contribution is -0.138. The van der Waals surface area contributed by atoms with Crippen LogP contribution in [0.3, 0.4) is 0 Å². The van der Waals surface area contributed by atoms with E-state index in [-0.39, 0.29) is 10.9 Å². The number of hydrogen-bond acceptors (Lipinski definition) is 5. The first-order valence-electron chi connectivity index (χ1n) is 9.19. The number of halogens is 1. The fourth-order valence-electron chi connectivity index (χ4n) is 3.31. The van der Waals surface area contributed by atoms with Crippen LogP contribution in [0.2, 0.25) is 0 Å². The normalized spacial score (nSPS) is 15.5. The highest BCUT2D eigenvalue weighted by molar-refractivity contribution is 5.99. The molecule has 0 spiro atoms. The van der Waals surface area contributed by atoms with Crippen molar-refractivity contribution >= 4 is 28.5 Å².